The Morgan fingerprint density at radius 3 is 2.45 bits per heavy atom. The van der Waals surface area contributed by atoms with Crippen molar-refractivity contribution in [1.82, 2.24) is 10.6 Å². The molecule has 0 aliphatic heterocycles. The number of guanidine groups is 1. The van der Waals surface area contributed by atoms with Gasteiger partial charge in [0.15, 0.2) is 5.96 Å². The molecule has 0 radical (unpaired) electrons. The van der Waals surface area contributed by atoms with Crippen molar-refractivity contribution in [3.63, 3.8) is 0 Å². The fraction of sp³-hybridized carbons (Fsp3) is 0.533. The van der Waals surface area contributed by atoms with Crippen molar-refractivity contribution < 1.29 is 4.21 Å². The molecule has 1 aromatic carbocycles. The van der Waals surface area contributed by atoms with E-state index in [9.17, 15) is 4.21 Å². The van der Waals surface area contributed by atoms with E-state index in [1.54, 1.807) is 7.05 Å². The van der Waals surface area contributed by atoms with Crippen LogP contribution in [0.25, 0.3) is 0 Å². The van der Waals surface area contributed by atoms with Gasteiger partial charge < -0.3 is 10.6 Å². The molecule has 2 N–H and O–H groups in total. The summed E-state index contributed by atoms with van der Waals surface area (Å²) in [5, 5.41) is 6.50. The molecule has 22 heavy (non-hydrogen) atoms. The number of nitrogens with zero attached hydrogens (tertiary/aromatic N) is 1. The van der Waals surface area contributed by atoms with E-state index in [0.29, 0.717) is 12.3 Å². The van der Waals surface area contributed by atoms with Gasteiger partial charge in [0, 0.05) is 35.5 Å². The van der Waals surface area contributed by atoms with Crippen LogP contribution in [0.5, 0.6) is 0 Å². The monoisotopic (exact) mass is 455 g/mol. The number of rotatable bonds is 7. The average molecular weight is 455 g/mol. The normalized spacial score (nSPS) is 13.2. The summed E-state index contributed by atoms with van der Waals surface area (Å²) in [5.41, 5.74) is 0. The van der Waals surface area contributed by atoms with E-state index in [4.69, 9.17) is 0 Å². The molecule has 0 spiro atoms. The summed E-state index contributed by atoms with van der Waals surface area (Å²) in [7, 11) is 0.772. The van der Waals surface area contributed by atoms with Crippen molar-refractivity contribution in [1.29, 1.82) is 0 Å². The first kappa shape index (κ1) is 21.7. The van der Waals surface area contributed by atoms with E-state index in [1.807, 2.05) is 42.1 Å². The van der Waals surface area contributed by atoms with Crippen LogP contribution in [0.15, 0.2) is 40.2 Å². The maximum absolute atomic E-state index is 12.1. The van der Waals surface area contributed by atoms with Crippen molar-refractivity contribution in [2.45, 2.75) is 23.5 Å². The highest BCUT2D eigenvalue weighted by molar-refractivity contribution is 14.0. The van der Waals surface area contributed by atoms with Crippen LogP contribution in [-0.2, 0) is 10.8 Å². The zero-order valence-corrected chi connectivity index (χ0v) is 17.6. The summed E-state index contributed by atoms with van der Waals surface area (Å²) >= 11 is 1.81. The second-order valence-electron chi connectivity index (χ2n) is 5.18. The fourth-order valence-corrected chi connectivity index (χ4v) is 2.74. The van der Waals surface area contributed by atoms with Gasteiger partial charge in [-0.25, -0.2) is 0 Å². The first-order valence-electron chi connectivity index (χ1n) is 6.91. The number of benzene rings is 1. The summed E-state index contributed by atoms with van der Waals surface area (Å²) in [6.07, 6.45) is 2.10. The largest absolute Gasteiger partial charge is 0.355 e. The molecule has 0 saturated carbocycles. The Bertz CT molecular complexity index is 481. The highest BCUT2D eigenvalue weighted by atomic mass is 127. The maximum atomic E-state index is 12.1. The van der Waals surface area contributed by atoms with Crippen LogP contribution in [0.2, 0.25) is 0 Å². The van der Waals surface area contributed by atoms with Crippen LogP contribution in [0.1, 0.15) is 13.8 Å². The van der Waals surface area contributed by atoms with Crippen LogP contribution in [0.3, 0.4) is 0 Å². The van der Waals surface area contributed by atoms with Gasteiger partial charge in [-0.1, -0.05) is 18.2 Å². The van der Waals surface area contributed by atoms with Gasteiger partial charge in [-0.05, 0) is 32.2 Å². The van der Waals surface area contributed by atoms with Gasteiger partial charge in [-0.15, -0.1) is 24.0 Å². The van der Waals surface area contributed by atoms with Gasteiger partial charge in [0.05, 0.1) is 10.8 Å². The number of hydrogen-bond donors (Lipinski definition) is 2. The van der Waals surface area contributed by atoms with Gasteiger partial charge in [0.2, 0.25) is 0 Å². The van der Waals surface area contributed by atoms with E-state index in [2.05, 4.69) is 35.7 Å². The highest BCUT2D eigenvalue weighted by Gasteiger charge is 2.16. The predicted octanol–water partition coefficient (Wildman–Crippen LogP) is 2.72. The average Bonchev–Trinajstić information content (AvgIpc) is 2.51. The smallest absolute Gasteiger partial charge is 0.191 e. The number of halogens is 1. The molecule has 126 valence electrons. The second-order valence-corrected chi connectivity index (χ2v) is 8.26. The zero-order chi connectivity index (χ0) is 15.7. The molecular formula is C15H26IN3OS2. The van der Waals surface area contributed by atoms with Gasteiger partial charge >= 0.3 is 0 Å². The van der Waals surface area contributed by atoms with E-state index in [-0.39, 0.29) is 28.7 Å². The predicted molar refractivity (Wildman–Crippen MR) is 110 cm³/mol. The van der Waals surface area contributed by atoms with Crippen molar-refractivity contribution >= 4 is 52.5 Å². The Morgan fingerprint density at radius 2 is 1.91 bits per heavy atom. The second kappa shape index (κ2) is 11.3. The van der Waals surface area contributed by atoms with Gasteiger partial charge in [0.25, 0.3) is 0 Å². The minimum atomic E-state index is -0.974. The molecule has 1 aromatic rings. The minimum Gasteiger partial charge on any atom is -0.355 e. The number of nitrogens with one attached hydrogen (secondary N) is 2. The third kappa shape index (κ3) is 8.38. The Hall–Kier alpha value is -0.280. The number of hydrogen-bond acceptors (Lipinski definition) is 3. The summed E-state index contributed by atoms with van der Waals surface area (Å²) < 4.78 is 12.2. The first-order chi connectivity index (χ1) is 9.98. The van der Waals surface area contributed by atoms with Crippen LogP contribution in [0.4, 0.5) is 0 Å². The Balaban J connectivity index is 0.00000441. The minimum absolute atomic E-state index is 0. The molecule has 1 rings (SSSR count). The summed E-state index contributed by atoms with van der Waals surface area (Å²) in [5.74, 6) is 1.32. The van der Waals surface area contributed by atoms with E-state index in [0.717, 1.165) is 17.4 Å². The standard InChI is InChI=1S/C15H25N3OS2.HI/c1-15(2,20-4)12-18-14(16-3)17-10-11-21(19)13-8-6-5-7-9-13;/h5-9H,10-12H2,1-4H3,(H2,16,17,18);1H. The Morgan fingerprint density at radius 1 is 1.27 bits per heavy atom. The third-order valence-electron chi connectivity index (χ3n) is 3.04. The van der Waals surface area contributed by atoms with Crippen LogP contribution < -0.4 is 10.6 Å². The molecule has 0 amide bonds. The van der Waals surface area contributed by atoms with Crippen LogP contribution >= 0.6 is 35.7 Å². The number of aliphatic imine (C=N–C) groups is 1. The molecule has 1 atom stereocenters. The molecule has 0 aromatic heterocycles. The number of thioether (sulfide) groups is 1. The molecule has 0 fully saturated rings. The van der Waals surface area contributed by atoms with E-state index < -0.39 is 10.8 Å². The van der Waals surface area contributed by atoms with Crippen molar-refractivity contribution in [3.8, 4) is 0 Å². The molecule has 0 bridgehead atoms. The summed E-state index contributed by atoms with van der Waals surface area (Å²) in [6.45, 7) is 5.82. The summed E-state index contributed by atoms with van der Waals surface area (Å²) in [6, 6.07) is 9.53. The van der Waals surface area contributed by atoms with E-state index in [1.165, 1.54) is 0 Å². The van der Waals surface area contributed by atoms with Crippen molar-refractivity contribution in [2.24, 2.45) is 4.99 Å². The van der Waals surface area contributed by atoms with Crippen LogP contribution in [-0.4, -0.2) is 47.1 Å². The van der Waals surface area contributed by atoms with Crippen LogP contribution in [0, 0.1) is 0 Å². The third-order valence-corrected chi connectivity index (χ3v) is 5.67. The quantitative estimate of drug-likeness (QED) is 0.377. The van der Waals surface area contributed by atoms with Gasteiger partial charge in [0.1, 0.15) is 0 Å². The Labute approximate surface area is 157 Å². The molecule has 7 heteroatoms. The molecule has 0 aliphatic carbocycles. The van der Waals surface area contributed by atoms with Gasteiger partial charge in [-0.3, -0.25) is 9.20 Å². The maximum Gasteiger partial charge on any atom is 0.191 e. The summed E-state index contributed by atoms with van der Waals surface area (Å²) in [4.78, 5) is 5.05. The first-order valence-corrected chi connectivity index (χ1v) is 9.46. The Kier molecular flexibility index (Phi) is 11.1. The zero-order valence-electron chi connectivity index (χ0n) is 13.6. The molecule has 0 aliphatic rings. The molecule has 1 unspecified atom stereocenters. The fourth-order valence-electron chi connectivity index (χ4n) is 1.54. The molecule has 0 heterocycles. The molecular weight excluding hydrogens is 429 g/mol. The molecule has 4 nitrogen and oxygen atoms in total. The lowest BCUT2D eigenvalue weighted by Gasteiger charge is -2.23. The van der Waals surface area contributed by atoms with Crippen molar-refractivity contribution in [3.05, 3.63) is 30.3 Å². The highest BCUT2D eigenvalue weighted by Crippen LogP contribution is 2.19. The van der Waals surface area contributed by atoms with Crippen molar-refractivity contribution in [2.75, 3.05) is 32.1 Å². The van der Waals surface area contributed by atoms with Gasteiger partial charge in [-0.2, -0.15) is 11.8 Å². The lowest BCUT2D eigenvalue weighted by atomic mass is 10.2. The van der Waals surface area contributed by atoms with E-state index >= 15 is 0 Å². The SMILES string of the molecule is CN=C(NCCS(=O)c1ccccc1)NCC(C)(C)SC.I. The molecule has 0 saturated heterocycles. The topological polar surface area (TPSA) is 53.5 Å². The lowest BCUT2D eigenvalue weighted by molar-refractivity contribution is 0.664. The lowest BCUT2D eigenvalue weighted by Crippen LogP contribution is -2.44.